The first-order valence-corrected chi connectivity index (χ1v) is 4.21. The summed E-state index contributed by atoms with van der Waals surface area (Å²) in [5.41, 5.74) is 0.657. The van der Waals surface area contributed by atoms with E-state index in [4.69, 9.17) is 0 Å². The van der Waals surface area contributed by atoms with Gasteiger partial charge in [0.2, 0.25) is 0 Å². The van der Waals surface area contributed by atoms with Crippen molar-refractivity contribution >= 4 is 11.6 Å². The fourth-order valence-electron chi connectivity index (χ4n) is 1.12. The van der Waals surface area contributed by atoms with Crippen LogP contribution in [0.4, 0.5) is 0 Å². The predicted octanol–water partition coefficient (Wildman–Crippen LogP) is 1.81. The molecule has 0 N–H and O–H groups in total. The molecule has 2 heteroatoms. The fourth-order valence-corrected chi connectivity index (χ4v) is 1.12. The van der Waals surface area contributed by atoms with Gasteiger partial charge in [0.05, 0.1) is 0 Å². The molecule has 1 rings (SSSR count). The third kappa shape index (κ3) is 2.16. The van der Waals surface area contributed by atoms with Gasteiger partial charge in [-0.1, -0.05) is 13.3 Å². The zero-order chi connectivity index (χ0) is 8.97. The second-order valence-corrected chi connectivity index (χ2v) is 2.87. The van der Waals surface area contributed by atoms with Crippen molar-refractivity contribution in [2.75, 3.05) is 0 Å². The molecule has 2 nitrogen and oxygen atoms in total. The standard InChI is InChI=1S/C10H12O2/c1-2-3-4-8-7-9(11)5-6-10(8)12/h5-7H,2-4H2,1H3. The van der Waals surface area contributed by atoms with E-state index < -0.39 is 0 Å². The molecule has 1 aliphatic carbocycles. The molecule has 0 atom stereocenters. The van der Waals surface area contributed by atoms with Crippen LogP contribution in [-0.4, -0.2) is 11.6 Å². The molecule has 0 unspecified atom stereocenters. The maximum atomic E-state index is 11.1. The Labute approximate surface area is 72.0 Å². The van der Waals surface area contributed by atoms with Crippen LogP contribution < -0.4 is 0 Å². The monoisotopic (exact) mass is 164 g/mol. The molecule has 0 fully saturated rings. The molecule has 0 saturated carbocycles. The third-order valence-electron chi connectivity index (χ3n) is 1.83. The van der Waals surface area contributed by atoms with Crippen LogP contribution in [0.25, 0.3) is 0 Å². The Bertz CT molecular complexity index is 259. The van der Waals surface area contributed by atoms with Gasteiger partial charge in [-0.25, -0.2) is 0 Å². The molecule has 1 aliphatic rings. The minimum atomic E-state index is -0.0688. The normalized spacial score (nSPS) is 16.6. The molecule has 0 aromatic rings. The number of hydrogen-bond donors (Lipinski definition) is 0. The predicted molar refractivity (Wildman–Crippen MR) is 46.8 cm³/mol. The lowest BCUT2D eigenvalue weighted by Crippen LogP contribution is -2.07. The van der Waals surface area contributed by atoms with Crippen LogP contribution in [0.1, 0.15) is 26.2 Å². The number of ketones is 2. The SMILES string of the molecule is CCCCC1=CC(=O)C=CC1=O. The molecule has 0 aromatic heterocycles. The summed E-state index contributed by atoms with van der Waals surface area (Å²) in [6.45, 7) is 2.06. The molecule has 0 amide bonds. The number of carbonyl (C=O) groups excluding carboxylic acids is 2. The number of unbranched alkanes of at least 4 members (excludes halogenated alkanes) is 1. The molecule has 0 heterocycles. The maximum absolute atomic E-state index is 11.1. The molecular weight excluding hydrogens is 152 g/mol. The second kappa shape index (κ2) is 4.00. The summed E-state index contributed by atoms with van der Waals surface area (Å²) in [5.74, 6) is -0.0799. The topological polar surface area (TPSA) is 34.1 Å². The van der Waals surface area contributed by atoms with Gasteiger partial charge in [0.1, 0.15) is 0 Å². The Morgan fingerprint density at radius 2 is 2.00 bits per heavy atom. The summed E-state index contributed by atoms with van der Waals surface area (Å²) >= 11 is 0. The van der Waals surface area contributed by atoms with Crippen molar-refractivity contribution in [3.05, 3.63) is 23.8 Å². The van der Waals surface area contributed by atoms with Crippen molar-refractivity contribution in [1.29, 1.82) is 0 Å². The molecule has 0 radical (unpaired) electrons. The molecular formula is C10H12O2. The van der Waals surface area contributed by atoms with Gasteiger partial charge in [0, 0.05) is 5.57 Å². The first-order chi connectivity index (χ1) is 5.74. The Hall–Kier alpha value is -1.18. The van der Waals surface area contributed by atoms with Crippen LogP contribution in [0, 0.1) is 0 Å². The fraction of sp³-hybridized carbons (Fsp3) is 0.400. The molecule has 0 spiro atoms. The quantitative estimate of drug-likeness (QED) is 0.596. The Morgan fingerprint density at radius 3 is 2.67 bits per heavy atom. The highest BCUT2D eigenvalue weighted by Crippen LogP contribution is 2.12. The van der Waals surface area contributed by atoms with Gasteiger partial charge in [-0.3, -0.25) is 9.59 Å². The molecule has 0 saturated heterocycles. The first-order valence-electron chi connectivity index (χ1n) is 4.21. The molecule has 0 bridgehead atoms. The van der Waals surface area contributed by atoms with Crippen molar-refractivity contribution in [2.24, 2.45) is 0 Å². The van der Waals surface area contributed by atoms with Crippen molar-refractivity contribution < 1.29 is 9.59 Å². The maximum Gasteiger partial charge on any atom is 0.182 e. The van der Waals surface area contributed by atoms with Crippen LogP contribution >= 0.6 is 0 Å². The summed E-state index contributed by atoms with van der Waals surface area (Å²) in [6, 6.07) is 0. The van der Waals surface area contributed by atoms with Crippen molar-refractivity contribution in [1.82, 2.24) is 0 Å². The zero-order valence-corrected chi connectivity index (χ0v) is 7.17. The highest BCUT2D eigenvalue weighted by molar-refractivity contribution is 6.17. The first kappa shape index (κ1) is 8.91. The minimum absolute atomic E-state index is 0.0111. The van der Waals surface area contributed by atoms with Crippen molar-refractivity contribution in [2.45, 2.75) is 26.2 Å². The van der Waals surface area contributed by atoms with Gasteiger partial charge in [-0.15, -0.1) is 0 Å². The average molecular weight is 164 g/mol. The van der Waals surface area contributed by atoms with Gasteiger partial charge >= 0.3 is 0 Å². The number of allylic oxidation sites excluding steroid dienone is 4. The van der Waals surface area contributed by atoms with Gasteiger partial charge in [0.25, 0.3) is 0 Å². The zero-order valence-electron chi connectivity index (χ0n) is 7.17. The van der Waals surface area contributed by atoms with Gasteiger partial charge in [-0.05, 0) is 31.1 Å². The van der Waals surface area contributed by atoms with Crippen LogP contribution in [-0.2, 0) is 9.59 Å². The van der Waals surface area contributed by atoms with Crippen molar-refractivity contribution in [3.8, 4) is 0 Å². The molecule has 12 heavy (non-hydrogen) atoms. The average Bonchev–Trinajstić information content (AvgIpc) is 2.07. The van der Waals surface area contributed by atoms with E-state index in [0.717, 1.165) is 19.3 Å². The summed E-state index contributed by atoms with van der Waals surface area (Å²) < 4.78 is 0. The van der Waals surface area contributed by atoms with E-state index in [1.54, 1.807) is 0 Å². The van der Waals surface area contributed by atoms with Crippen LogP contribution in [0.5, 0.6) is 0 Å². The number of carbonyl (C=O) groups is 2. The largest absolute Gasteiger partial charge is 0.290 e. The summed E-state index contributed by atoms with van der Waals surface area (Å²) in [6.07, 6.45) is 6.86. The van der Waals surface area contributed by atoms with E-state index >= 15 is 0 Å². The highest BCUT2D eigenvalue weighted by Gasteiger charge is 2.11. The second-order valence-electron chi connectivity index (χ2n) is 2.87. The van der Waals surface area contributed by atoms with E-state index in [1.165, 1.54) is 18.2 Å². The Morgan fingerprint density at radius 1 is 1.25 bits per heavy atom. The van der Waals surface area contributed by atoms with E-state index in [9.17, 15) is 9.59 Å². The van der Waals surface area contributed by atoms with Crippen LogP contribution in [0.2, 0.25) is 0 Å². The molecule has 64 valence electrons. The lowest BCUT2D eigenvalue weighted by Gasteiger charge is -2.04. The molecule has 0 aromatic carbocycles. The smallest absolute Gasteiger partial charge is 0.182 e. The lowest BCUT2D eigenvalue weighted by atomic mass is 9.99. The van der Waals surface area contributed by atoms with E-state index in [-0.39, 0.29) is 11.6 Å². The Kier molecular flexibility index (Phi) is 2.97. The van der Waals surface area contributed by atoms with Crippen LogP contribution in [0.15, 0.2) is 23.8 Å². The van der Waals surface area contributed by atoms with E-state index in [0.29, 0.717) is 5.57 Å². The summed E-state index contributed by atoms with van der Waals surface area (Å²) in [5, 5.41) is 0. The van der Waals surface area contributed by atoms with Gasteiger partial charge in [0.15, 0.2) is 11.6 Å². The van der Waals surface area contributed by atoms with Crippen molar-refractivity contribution in [3.63, 3.8) is 0 Å². The Balaban J connectivity index is 2.62. The van der Waals surface area contributed by atoms with Gasteiger partial charge in [-0.2, -0.15) is 0 Å². The van der Waals surface area contributed by atoms with E-state index in [1.807, 2.05) is 0 Å². The lowest BCUT2D eigenvalue weighted by molar-refractivity contribution is -0.114. The van der Waals surface area contributed by atoms with Gasteiger partial charge < -0.3 is 0 Å². The van der Waals surface area contributed by atoms with Crippen LogP contribution in [0.3, 0.4) is 0 Å². The number of hydrogen-bond acceptors (Lipinski definition) is 2. The summed E-state index contributed by atoms with van der Waals surface area (Å²) in [7, 11) is 0. The summed E-state index contributed by atoms with van der Waals surface area (Å²) in [4.78, 5) is 22.0. The molecule has 0 aliphatic heterocycles. The van der Waals surface area contributed by atoms with E-state index in [2.05, 4.69) is 6.92 Å². The highest BCUT2D eigenvalue weighted by atomic mass is 16.1. The number of rotatable bonds is 3. The minimum Gasteiger partial charge on any atom is -0.290 e. The third-order valence-corrected chi connectivity index (χ3v) is 1.83.